The molecule has 0 aromatic rings. The third-order valence-corrected chi connectivity index (χ3v) is 5.02. The number of rotatable bonds is 4. The molecule has 1 aliphatic carbocycles. The molecule has 5 atom stereocenters. The Morgan fingerprint density at radius 2 is 2.32 bits per heavy atom. The number of hydrogen-bond donors (Lipinski definition) is 1. The van der Waals surface area contributed by atoms with Gasteiger partial charge in [-0.15, -0.1) is 0 Å². The number of nitrogens with one attached hydrogen (secondary N) is 1. The Kier molecular flexibility index (Phi) is 4.04. The van der Waals surface area contributed by atoms with Crippen molar-refractivity contribution in [3.8, 4) is 0 Å². The van der Waals surface area contributed by atoms with Crippen LogP contribution in [0.15, 0.2) is 17.3 Å². The fourth-order valence-electron chi connectivity index (χ4n) is 3.94. The zero-order chi connectivity index (χ0) is 13.2. The third kappa shape index (κ3) is 2.63. The number of aliphatic imine (C=N–C) groups is 1. The normalized spacial score (nSPS) is 40.7. The molecule has 0 aromatic carbocycles. The van der Waals surface area contributed by atoms with Crippen molar-refractivity contribution >= 4 is 5.71 Å². The van der Waals surface area contributed by atoms with Gasteiger partial charge in [0.15, 0.2) is 0 Å². The number of fused-ring (bicyclic) bond motifs is 3. The van der Waals surface area contributed by atoms with Crippen molar-refractivity contribution in [2.45, 2.75) is 64.1 Å². The van der Waals surface area contributed by atoms with E-state index in [0.717, 1.165) is 12.5 Å². The van der Waals surface area contributed by atoms with Crippen LogP contribution in [0.2, 0.25) is 0 Å². The molecule has 1 saturated heterocycles. The second kappa shape index (κ2) is 5.76. The summed E-state index contributed by atoms with van der Waals surface area (Å²) in [5, 5.41) is 3.80. The lowest BCUT2D eigenvalue weighted by atomic mass is 9.76. The molecular weight excluding hydrogens is 236 g/mol. The highest BCUT2D eigenvalue weighted by Gasteiger charge is 2.46. The van der Waals surface area contributed by atoms with Crippen LogP contribution in [0.4, 0.5) is 0 Å². The zero-order valence-electron chi connectivity index (χ0n) is 12.1. The largest absolute Gasteiger partial charge is 0.378 e. The van der Waals surface area contributed by atoms with Crippen molar-refractivity contribution in [1.29, 1.82) is 0 Å². The SMILES string of the molecule is CCCCOC1CCC2C(C1)NC1C(C)=NC=CC12. The summed E-state index contributed by atoms with van der Waals surface area (Å²) in [4.78, 5) is 4.45. The zero-order valence-corrected chi connectivity index (χ0v) is 12.1. The maximum atomic E-state index is 6.02. The lowest BCUT2D eigenvalue weighted by molar-refractivity contribution is 0.00924. The molecule has 19 heavy (non-hydrogen) atoms. The minimum atomic E-state index is 0.474. The van der Waals surface area contributed by atoms with Crippen LogP contribution < -0.4 is 5.32 Å². The minimum Gasteiger partial charge on any atom is -0.378 e. The maximum Gasteiger partial charge on any atom is 0.0590 e. The predicted octanol–water partition coefficient (Wildman–Crippen LogP) is 2.92. The van der Waals surface area contributed by atoms with E-state index in [1.165, 1.54) is 37.8 Å². The first-order valence-electron chi connectivity index (χ1n) is 7.88. The van der Waals surface area contributed by atoms with Crippen molar-refractivity contribution in [2.24, 2.45) is 16.8 Å². The van der Waals surface area contributed by atoms with Gasteiger partial charge in [-0.3, -0.25) is 4.99 Å². The Morgan fingerprint density at radius 3 is 3.16 bits per heavy atom. The Labute approximate surface area is 116 Å². The molecule has 3 aliphatic rings. The molecule has 2 heterocycles. The number of nitrogens with zero attached hydrogens (tertiary/aromatic N) is 1. The van der Waals surface area contributed by atoms with Crippen molar-refractivity contribution in [1.82, 2.24) is 5.32 Å². The van der Waals surface area contributed by atoms with Crippen LogP contribution >= 0.6 is 0 Å². The molecule has 106 valence electrons. The van der Waals surface area contributed by atoms with Gasteiger partial charge in [0.1, 0.15) is 0 Å². The van der Waals surface area contributed by atoms with Crippen LogP contribution in [0.25, 0.3) is 0 Å². The van der Waals surface area contributed by atoms with E-state index in [-0.39, 0.29) is 0 Å². The second-order valence-corrected chi connectivity index (χ2v) is 6.26. The standard InChI is InChI=1S/C16H26N2O/c1-3-4-9-19-12-5-6-13-14-7-8-17-11(2)16(14)18-15(13)10-12/h7-8,12-16,18H,3-6,9-10H2,1-2H3. The Hall–Kier alpha value is -0.670. The molecular formula is C16H26N2O. The summed E-state index contributed by atoms with van der Waals surface area (Å²) in [7, 11) is 0. The molecule has 1 saturated carbocycles. The summed E-state index contributed by atoms with van der Waals surface area (Å²) < 4.78 is 6.02. The third-order valence-electron chi connectivity index (χ3n) is 5.02. The van der Waals surface area contributed by atoms with Crippen LogP contribution in [-0.4, -0.2) is 30.5 Å². The van der Waals surface area contributed by atoms with Crippen molar-refractivity contribution < 1.29 is 4.74 Å². The van der Waals surface area contributed by atoms with Gasteiger partial charge in [0.05, 0.1) is 12.1 Å². The molecule has 1 N–H and O–H groups in total. The molecule has 0 spiro atoms. The van der Waals surface area contributed by atoms with E-state index in [9.17, 15) is 0 Å². The van der Waals surface area contributed by atoms with Gasteiger partial charge in [-0.25, -0.2) is 0 Å². The highest BCUT2D eigenvalue weighted by molar-refractivity contribution is 5.89. The number of hydrogen-bond acceptors (Lipinski definition) is 3. The molecule has 2 fully saturated rings. The van der Waals surface area contributed by atoms with E-state index in [1.807, 2.05) is 6.20 Å². The molecule has 0 amide bonds. The fourth-order valence-corrected chi connectivity index (χ4v) is 3.94. The summed E-state index contributed by atoms with van der Waals surface area (Å²) in [6.07, 6.45) is 10.9. The minimum absolute atomic E-state index is 0.474. The maximum absolute atomic E-state index is 6.02. The first-order chi connectivity index (χ1) is 9.29. The molecule has 2 aliphatic heterocycles. The predicted molar refractivity (Wildman–Crippen MR) is 78.4 cm³/mol. The average Bonchev–Trinajstić information content (AvgIpc) is 2.79. The molecule has 3 heteroatoms. The molecule has 3 rings (SSSR count). The monoisotopic (exact) mass is 262 g/mol. The van der Waals surface area contributed by atoms with E-state index >= 15 is 0 Å². The Bertz CT molecular complexity index is 377. The van der Waals surface area contributed by atoms with E-state index in [2.05, 4.69) is 30.2 Å². The summed E-state index contributed by atoms with van der Waals surface area (Å²) >= 11 is 0. The summed E-state index contributed by atoms with van der Waals surface area (Å²) in [6.45, 7) is 5.31. The summed E-state index contributed by atoms with van der Waals surface area (Å²) in [5.74, 6) is 1.46. The Morgan fingerprint density at radius 1 is 1.42 bits per heavy atom. The van der Waals surface area contributed by atoms with E-state index in [1.54, 1.807) is 0 Å². The van der Waals surface area contributed by atoms with Gasteiger partial charge >= 0.3 is 0 Å². The van der Waals surface area contributed by atoms with Gasteiger partial charge in [-0.05, 0) is 38.5 Å². The van der Waals surface area contributed by atoms with Gasteiger partial charge in [-0.1, -0.05) is 19.4 Å². The van der Waals surface area contributed by atoms with Gasteiger partial charge in [0.25, 0.3) is 0 Å². The smallest absolute Gasteiger partial charge is 0.0590 e. The van der Waals surface area contributed by atoms with E-state index in [4.69, 9.17) is 4.74 Å². The van der Waals surface area contributed by atoms with Crippen molar-refractivity contribution in [3.05, 3.63) is 12.3 Å². The van der Waals surface area contributed by atoms with E-state index in [0.29, 0.717) is 24.1 Å². The number of unbranched alkanes of at least 4 members (excludes halogenated alkanes) is 1. The molecule has 0 radical (unpaired) electrons. The van der Waals surface area contributed by atoms with Crippen LogP contribution in [0.5, 0.6) is 0 Å². The van der Waals surface area contributed by atoms with Crippen LogP contribution in [-0.2, 0) is 4.74 Å². The quantitative estimate of drug-likeness (QED) is 0.790. The Balaban J connectivity index is 1.59. The topological polar surface area (TPSA) is 33.6 Å². The van der Waals surface area contributed by atoms with Gasteiger partial charge in [-0.2, -0.15) is 0 Å². The van der Waals surface area contributed by atoms with Crippen molar-refractivity contribution in [3.63, 3.8) is 0 Å². The van der Waals surface area contributed by atoms with Crippen LogP contribution in [0.1, 0.15) is 46.0 Å². The lowest BCUT2D eigenvalue weighted by Gasteiger charge is -2.33. The van der Waals surface area contributed by atoms with Crippen molar-refractivity contribution in [2.75, 3.05) is 6.61 Å². The molecule has 0 bridgehead atoms. The van der Waals surface area contributed by atoms with Crippen LogP contribution in [0, 0.1) is 11.8 Å². The summed E-state index contributed by atoms with van der Waals surface area (Å²) in [5.41, 5.74) is 1.25. The first-order valence-corrected chi connectivity index (χ1v) is 7.88. The van der Waals surface area contributed by atoms with Gasteiger partial charge in [0.2, 0.25) is 0 Å². The van der Waals surface area contributed by atoms with Gasteiger partial charge < -0.3 is 10.1 Å². The van der Waals surface area contributed by atoms with E-state index < -0.39 is 0 Å². The fraction of sp³-hybridized carbons (Fsp3) is 0.812. The summed E-state index contributed by atoms with van der Waals surface area (Å²) in [6, 6.07) is 1.11. The molecule has 3 nitrogen and oxygen atoms in total. The lowest BCUT2D eigenvalue weighted by Crippen LogP contribution is -2.40. The molecule has 0 aromatic heterocycles. The first kappa shape index (κ1) is 13.3. The number of ether oxygens (including phenoxy) is 1. The van der Waals surface area contributed by atoms with Crippen LogP contribution in [0.3, 0.4) is 0 Å². The molecule has 5 unspecified atom stereocenters. The van der Waals surface area contributed by atoms with Gasteiger partial charge in [0, 0.05) is 30.5 Å². The second-order valence-electron chi connectivity index (χ2n) is 6.26. The average molecular weight is 262 g/mol. The highest BCUT2D eigenvalue weighted by atomic mass is 16.5. The highest BCUT2D eigenvalue weighted by Crippen LogP contribution is 2.40.